The van der Waals surface area contributed by atoms with Gasteiger partial charge in [0.25, 0.3) is 0 Å². The third-order valence-electron chi connectivity index (χ3n) is 6.65. The Labute approximate surface area is 211 Å². The van der Waals surface area contributed by atoms with Crippen LogP contribution < -0.4 is 10.1 Å². The SMILES string of the molecule is C(#CC1CCCCC1)c1ccccc1.COc1ccc(NC(=O)N(C)CCCN2CCCC2)cc1. The number of carbonyl (C=O) groups is 1. The molecule has 35 heavy (non-hydrogen) atoms. The fraction of sp³-hybridized carbons (Fsp3) is 0.500. The maximum Gasteiger partial charge on any atom is 0.321 e. The largest absolute Gasteiger partial charge is 0.497 e. The first kappa shape index (κ1) is 26.6. The van der Waals surface area contributed by atoms with E-state index in [1.54, 1.807) is 12.0 Å². The first-order valence-corrected chi connectivity index (χ1v) is 13.1. The highest BCUT2D eigenvalue weighted by Gasteiger charge is 2.13. The fourth-order valence-electron chi connectivity index (χ4n) is 4.49. The van der Waals surface area contributed by atoms with Gasteiger partial charge in [-0.15, -0.1) is 0 Å². The number of hydrogen-bond donors (Lipinski definition) is 1. The van der Waals surface area contributed by atoms with Crippen molar-refractivity contribution in [3.8, 4) is 17.6 Å². The summed E-state index contributed by atoms with van der Waals surface area (Å²) >= 11 is 0. The van der Waals surface area contributed by atoms with Crippen LogP contribution in [0.25, 0.3) is 0 Å². The number of nitrogens with zero attached hydrogens (tertiary/aromatic N) is 2. The Morgan fingerprint density at radius 1 is 1.00 bits per heavy atom. The Balaban J connectivity index is 0.000000211. The molecule has 2 aromatic carbocycles. The van der Waals surface area contributed by atoms with Gasteiger partial charge in [-0.05, 0) is 88.1 Å². The lowest BCUT2D eigenvalue weighted by Gasteiger charge is -2.20. The molecule has 0 atom stereocenters. The minimum Gasteiger partial charge on any atom is -0.497 e. The molecular weight excluding hydrogens is 434 g/mol. The van der Waals surface area contributed by atoms with Crippen LogP contribution in [0.2, 0.25) is 0 Å². The molecular formula is C30H41N3O2. The predicted octanol–water partition coefficient (Wildman–Crippen LogP) is 6.26. The monoisotopic (exact) mass is 475 g/mol. The maximum atomic E-state index is 12.1. The van der Waals surface area contributed by atoms with Gasteiger partial charge in [0.1, 0.15) is 5.75 Å². The van der Waals surface area contributed by atoms with Gasteiger partial charge in [0.05, 0.1) is 7.11 Å². The summed E-state index contributed by atoms with van der Waals surface area (Å²) in [6.07, 6.45) is 10.4. The van der Waals surface area contributed by atoms with Crippen molar-refractivity contribution in [3.63, 3.8) is 0 Å². The molecule has 1 heterocycles. The minimum absolute atomic E-state index is 0.0680. The summed E-state index contributed by atoms with van der Waals surface area (Å²) in [6, 6.07) is 17.6. The highest BCUT2D eigenvalue weighted by Crippen LogP contribution is 2.22. The normalized spacial score (nSPS) is 15.8. The molecule has 4 rings (SSSR count). The molecule has 1 saturated carbocycles. The van der Waals surface area contributed by atoms with E-state index in [-0.39, 0.29) is 6.03 Å². The van der Waals surface area contributed by atoms with Crippen LogP contribution in [0.5, 0.6) is 5.75 Å². The lowest BCUT2D eigenvalue weighted by molar-refractivity contribution is 0.218. The smallest absolute Gasteiger partial charge is 0.321 e. The summed E-state index contributed by atoms with van der Waals surface area (Å²) in [5.74, 6) is 8.09. The molecule has 0 spiro atoms. The van der Waals surface area contributed by atoms with Crippen molar-refractivity contribution in [3.05, 3.63) is 60.2 Å². The van der Waals surface area contributed by atoms with Gasteiger partial charge in [-0.25, -0.2) is 4.79 Å². The molecule has 2 aromatic rings. The number of ether oxygens (including phenoxy) is 1. The standard InChI is InChI=1S/C16H25N3O2.C14H16/c1-18(10-5-13-19-11-3-4-12-19)16(20)17-14-6-8-15(21-2)9-7-14;1-3-7-13(8-4-1)11-12-14-9-5-2-6-10-14/h6-9H,3-5,10-13H2,1-2H3,(H,17,20);1,3-4,7-8,14H,2,5-6,9-10H2. The topological polar surface area (TPSA) is 44.8 Å². The molecule has 0 bridgehead atoms. The lowest BCUT2D eigenvalue weighted by Crippen LogP contribution is -2.34. The van der Waals surface area contributed by atoms with E-state index in [0.29, 0.717) is 5.92 Å². The molecule has 0 radical (unpaired) electrons. The number of carbonyl (C=O) groups excluding carboxylic acids is 1. The van der Waals surface area contributed by atoms with E-state index in [0.717, 1.165) is 36.5 Å². The number of anilines is 1. The number of amides is 2. The Bertz CT molecular complexity index is 922. The molecule has 1 saturated heterocycles. The molecule has 5 heteroatoms. The van der Waals surface area contributed by atoms with Crippen molar-refractivity contribution in [2.24, 2.45) is 5.92 Å². The van der Waals surface area contributed by atoms with E-state index in [1.807, 2.05) is 49.5 Å². The van der Waals surface area contributed by atoms with Gasteiger partial charge in [0, 0.05) is 30.8 Å². The van der Waals surface area contributed by atoms with Crippen molar-refractivity contribution in [2.45, 2.75) is 51.4 Å². The van der Waals surface area contributed by atoms with E-state index in [9.17, 15) is 4.79 Å². The molecule has 0 aromatic heterocycles. The van der Waals surface area contributed by atoms with E-state index in [1.165, 1.54) is 58.0 Å². The number of hydrogen-bond acceptors (Lipinski definition) is 3. The second-order valence-corrected chi connectivity index (χ2v) is 9.45. The maximum absolute atomic E-state index is 12.1. The van der Waals surface area contributed by atoms with E-state index in [2.05, 4.69) is 34.2 Å². The Kier molecular flexibility index (Phi) is 11.5. The van der Waals surface area contributed by atoms with Gasteiger partial charge in [0.15, 0.2) is 0 Å². The molecule has 1 N–H and O–H groups in total. The van der Waals surface area contributed by atoms with Crippen LogP contribution in [0.3, 0.4) is 0 Å². The van der Waals surface area contributed by atoms with Crippen molar-refractivity contribution < 1.29 is 9.53 Å². The number of urea groups is 1. The van der Waals surface area contributed by atoms with Gasteiger partial charge in [-0.2, -0.15) is 0 Å². The first-order chi connectivity index (χ1) is 17.1. The number of likely N-dealkylation sites (tertiary alicyclic amines) is 1. The number of rotatable bonds is 6. The van der Waals surface area contributed by atoms with Crippen LogP contribution >= 0.6 is 0 Å². The van der Waals surface area contributed by atoms with Gasteiger partial charge in [-0.3, -0.25) is 0 Å². The van der Waals surface area contributed by atoms with Gasteiger partial charge >= 0.3 is 6.03 Å². The third kappa shape index (κ3) is 10.0. The van der Waals surface area contributed by atoms with Gasteiger partial charge < -0.3 is 19.9 Å². The zero-order valence-electron chi connectivity index (χ0n) is 21.5. The zero-order chi connectivity index (χ0) is 24.7. The predicted molar refractivity (Wildman–Crippen MR) is 145 cm³/mol. The molecule has 1 aliphatic heterocycles. The second kappa shape index (κ2) is 15.1. The van der Waals surface area contributed by atoms with Crippen LogP contribution in [-0.2, 0) is 0 Å². The van der Waals surface area contributed by atoms with Crippen LogP contribution in [0.1, 0.15) is 56.9 Å². The Morgan fingerprint density at radius 3 is 2.34 bits per heavy atom. The average Bonchev–Trinajstić information content (AvgIpc) is 3.43. The van der Waals surface area contributed by atoms with Gasteiger partial charge in [-0.1, -0.05) is 49.3 Å². The third-order valence-corrected chi connectivity index (χ3v) is 6.65. The van der Waals surface area contributed by atoms with E-state index in [4.69, 9.17) is 4.74 Å². The van der Waals surface area contributed by atoms with Crippen molar-refractivity contribution in [1.29, 1.82) is 0 Å². The summed E-state index contributed by atoms with van der Waals surface area (Å²) in [7, 11) is 3.46. The van der Waals surface area contributed by atoms with Crippen LogP contribution in [0.15, 0.2) is 54.6 Å². The molecule has 2 aliphatic rings. The van der Waals surface area contributed by atoms with Crippen molar-refractivity contribution >= 4 is 11.7 Å². The second-order valence-electron chi connectivity index (χ2n) is 9.45. The zero-order valence-corrected chi connectivity index (χ0v) is 21.5. The van der Waals surface area contributed by atoms with E-state index < -0.39 is 0 Å². The molecule has 188 valence electrons. The van der Waals surface area contributed by atoms with Crippen molar-refractivity contribution in [2.75, 3.05) is 45.7 Å². The summed E-state index contributed by atoms with van der Waals surface area (Å²) in [5, 5.41) is 2.89. The van der Waals surface area contributed by atoms with Crippen molar-refractivity contribution in [1.82, 2.24) is 9.80 Å². The Morgan fingerprint density at radius 2 is 1.69 bits per heavy atom. The van der Waals surface area contributed by atoms with E-state index >= 15 is 0 Å². The number of benzene rings is 2. The highest BCUT2D eigenvalue weighted by molar-refractivity contribution is 5.89. The summed E-state index contributed by atoms with van der Waals surface area (Å²) in [6.45, 7) is 4.28. The molecule has 2 amide bonds. The van der Waals surface area contributed by atoms with Gasteiger partial charge in [0.2, 0.25) is 0 Å². The first-order valence-electron chi connectivity index (χ1n) is 13.1. The highest BCUT2D eigenvalue weighted by atomic mass is 16.5. The molecule has 1 aliphatic carbocycles. The molecule has 5 nitrogen and oxygen atoms in total. The summed E-state index contributed by atoms with van der Waals surface area (Å²) in [4.78, 5) is 16.3. The number of nitrogens with one attached hydrogen (secondary N) is 1. The quantitative estimate of drug-likeness (QED) is 0.501. The number of methoxy groups -OCH3 is 1. The average molecular weight is 476 g/mol. The molecule has 2 fully saturated rings. The molecule has 0 unspecified atom stereocenters. The summed E-state index contributed by atoms with van der Waals surface area (Å²) in [5.41, 5.74) is 1.94. The summed E-state index contributed by atoms with van der Waals surface area (Å²) < 4.78 is 5.10. The van der Waals surface area contributed by atoms with Crippen LogP contribution in [-0.4, -0.2) is 56.2 Å². The van der Waals surface area contributed by atoms with Crippen LogP contribution in [0.4, 0.5) is 10.5 Å². The fourth-order valence-corrected chi connectivity index (χ4v) is 4.49. The van der Waals surface area contributed by atoms with Crippen LogP contribution in [0, 0.1) is 17.8 Å². The Hall–Kier alpha value is -2.97. The minimum atomic E-state index is -0.0680. The lowest BCUT2D eigenvalue weighted by atomic mass is 9.90.